The lowest BCUT2D eigenvalue weighted by atomic mass is 10.1. The summed E-state index contributed by atoms with van der Waals surface area (Å²) in [6, 6.07) is 9.12. The van der Waals surface area contributed by atoms with Gasteiger partial charge in [0, 0.05) is 11.8 Å². The number of carbonyl (C=O) groups excluding carboxylic acids is 1. The molecule has 2 rings (SSSR count). The van der Waals surface area contributed by atoms with Gasteiger partial charge in [0.1, 0.15) is 0 Å². The van der Waals surface area contributed by atoms with Gasteiger partial charge in [0.25, 0.3) is 0 Å². The molecule has 3 N–H and O–H groups in total. The van der Waals surface area contributed by atoms with E-state index in [-0.39, 0.29) is 5.75 Å². The van der Waals surface area contributed by atoms with Gasteiger partial charge in [-0.25, -0.2) is 9.18 Å². The van der Waals surface area contributed by atoms with Crippen molar-refractivity contribution in [2.45, 2.75) is 0 Å². The van der Waals surface area contributed by atoms with Crippen molar-refractivity contribution in [2.75, 3.05) is 25.3 Å². The summed E-state index contributed by atoms with van der Waals surface area (Å²) in [5, 5.41) is 3.03. The largest absolute Gasteiger partial charge is 0.494 e. The van der Waals surface area contributed by atoms with Gasteiger partial charge >= 0.3 is 5.97 Å². The van der Waals surface area contributed by atoms with Crippen LogP contribution in [0, 0.1) is 5.82 Å². The lowest BCUT2D eigenvalue weighted by molar-refractivity contribution is 0.0601. The number of benzene rings is 2. The Labute approximate surface area is 121 Å². The van der Waals surface area contributed by atoms with Crippen LogP contribution in [0.5, 0.6) is 5.75 Å². The molecule has 0 bridgehead atoms. The minimum Gasteiger partial charge on any atom is -0.494 e. The number of esters is 1. The van der Waals surface area contributed by atoms with Crippen molar-refractivity contribution in [3.8, 4) is 5.75 Å². The Morgan fingerprint density at radius 2 is 1.95 bits per heavy atom. The molecule has 0 heterocycles. The fourth-order valence-corrected chi connectivity index (χ4v) is 1.81. The highest BCUT2D eigenvalue weighted by Crippen LogP contribution is 2.27. The van der Waals surface area contributed by atoms with Crippen LogP contribution >= 0.6 is 0 Å². The van der Waals surface area contributed by atoms with E-state index < -0.39 is 11.8 Å². The first kappa shape index (κ1) is 14.6. The van der Waals surface area contributed by atoms with Crippen LogP contribution in [0.4, 0.5) is 21.5 Å². The van der Waals surface area contributed by atoms with Gasteiger partial charge in [-0.3, -0.25) is 0 Å². The third kappa shape index (κ3) is 3.22. The number of nitrogens with two attached hydrogens (primary N) is 1. The van der Waals surface area contributed by atoms with Gasteiger partial charge in [-0.2, -0.15) is 0 Å². The topological polar surface area (TPSA) is 73.6 Å². The summed E-state index contributed by atoms with van der Waals surface area (Å²) >= 11 is 0. The van der Waals surface area contributed by atoms with Crippen LogP contribution in [-0.4, -0.2) is 20.2 Å². The van der Waals surface area contributed by atoms with Crippen molar-refractivity contribution in [1.82, 2.24) is 0 Å². The zero-order valence-corrected chi connectivity index (χ0v) is 11.6. The Kier molecular flexibility index (Phi) is 4.27. The van der Waals surface area contributed by atoms with E-state index in [4.69, 9.17) is 10.5 Å². The second-order valence-electron chi connectivity index (χ2n) is 4.27. The molecular formula is C15H15FN2O3. The molecule has 0 amide bonds. The van der Waals surface area contributed by atoms with Crippen LogP contribution in [0.3, 0.4) is 0 Å². The second kappa shape index (κ2) is 6.13. The van der Waals surface area contributed by atoms with Crippen LogP contribution in [-0.2, 0) is 4.74 Å². The van der Waals surface area contributed by atoms with E-state index in [2.05, 4.69) is 10.1 Å². The maximum Gasteiger partial charge on any atom is 0.337 e. The molecule has 0 aromatic heterocycles. The molecule has 0 fully saturated rings. The van der Waals surface area contributed by atoms with Crippen molar-refractivity contribution in [3.63, 3.8) is 0 Å². The van der Waals surface area contributed by atoms with Crippen molar-refractivity contribution in [1.29, 1.82) is 0 Å². The van der Waals surface area contributed by atoms with Gasteiger partial charge in [-0.15, -0.1) is 0 Å². The molecule has 0 aliphatic carbocycles. The van der Waals surface area contributed by atoms with E-state index in [1.165, 1.54) is 32.4 Å². The third-order valence-electron chi connectivity index (χ3n) is 2.90. The molecule has 0 spiro atoms. The van der Waals surface area contributed by atoms with Crippen molar-refractivity contribution in [3.05, 3.63) is 47.8 Å². The molecule has 6 heteroatoms. The molecule has 0 saturated carbocycles. The number of nitrogen functional groups attached to an aromatic ring is 1. The molecule has 0 saturated heterocycles. The van der Waals surface area contributed by atoms with E-state index in [0.29, 0.717) is 22.6 Å². The number of ether oxygens (including phenoxy) is 2. The van der Waals surface area contributed by atoms with Crippen LogP contribution in [0.1, 0.15) is 10.4 Å². The van der Waals surface area contributed by atoms with Crippen molar-refractivity contribution in [2.24, 2.45) is 0 Å². The molecule has 0 unspecified atom stereocenters. The Morgan fingerprint density at radius 1 is 1.19 bits per heavy atom. The summed E-state index contributed by atoms with van der Waals surface area (Å²) in [6.45, 7) is 0. The zero-order chi connectivity index (χ0) is 15.4. The number of nitrogens with one attached hydrogen (secondary N) is 1. The lowest BCUT2D eigenvalue weighted by Crippen LogP contribution is -2.04. The number of hydrogen-bond donors (Lipinski definition) is 2. The average Bonchev–Trinajstić information content (AvgIpc) is 2.50. The highest BCUT2D eigenvalue weighted by atomic mass is 19.1. The average molecular weight is 290 g/mol. The Hall–Kier alpha value is -2.76. The highest BCUT2D eigenvalue weighted by molar-refractivity contribution is 5.92. The summed E-state index contributed by atoms with van der Waals surface area (Å²) in [4.78, 5) is 11.4. The summed E-state index contributed by atoms with van der Waals surface area (Å²) in [5.74, 6) is -0.779. The van der Waals surface area contributed by atoms with E-state index in [1.807, 2.05) is 0 Å². The minimum absolute atomic E-state index is 0.129. The van der Waals surface area contributed by atoms with Crippen LogP contribution < -0.4 is 15.8 Å². The molecule has 0 radical (unpaired) electrons. The van der Waals surface area contributed by atoms with Crippen LogP contribution in [0.15, 0.2) is 36.4 Å². The smallest absolute Gasteiger partial charge is 0.337 e. The molecule has 0 aliphatic rings. The van der Waals surface area contributed by atoms with Crippen molar-refractivity contribution < 1.29 is 18.7 Å². The fourth-order valence-electron chi connectivity index (χ4n) is 1.81. The predicted molar refractivity (Wildman–Crippen MR) is 78.4 cm³/mol. The Balaban J connectivity index is 2.26. The van der Waals surface area contributed by atoms with Gasteiger partial charge in [0.05, 0.1) is 31.2 Å². The third-order valence-corrected chi connectivity index (χ3v) is 2.90. The fraction of sp³-hybridized carbons (Fsp3) is 0.133. The molecule has 5 nitrogen and oxygen atoms in total. The Bertz CT molecular complexity index is 674. The van der Waals surface area contributed by atoms with E-state index >= 15 is 0 Å². The van der Waals surface area contributed by atoms with E-state index in [9.17, 15) is 9.18 Å². The molecule has 0 atom stereocenters. The quantitative estimate of drug-likeness (QED) is 0.669. The first-order chi connectivity index (χ1) is 10.0. The predicted octanol–water partition coefficient (Wildman–Crippen LogP) is 2.95. The molecule has 21 heavy (non-hydrogen) atoms. The van der Waals surface area contributed by atoms with Crippen molar-refractivity contribution >= 4 is 23.0 Å². The molecule has 110 valence electrons. The Morgan fingerprint density at radius 3 is 2.57 bits per heavy atom. The summed E-state index contributed by atoms with van der Waals surface area (Å²) in [6.07, 6.45) is 0. The van der Waals surface area contributed by atoms with Gasteiger partial charge in [0.2, 0.25) is 0 Å². The summed E-state index contributed by atoms with van der Waals surface area (Å²) in [5.41, 5.74) is 7.83. The number of rotatable bonds is 4. The number of anilines is 3. The first-order valence-electron chi connectivity index (χ1n) is 6.13. The number of halogens is 1. The van der Waals surface area contributed by atoms with Gasteiger partial charge in [0.15, 0.2) is 11.6 Å². The molecule has 2 aromatic carbocycles. The van der Waals surface area contributed by atoms with Gasteiger partial charge < -0.3 is 20.5 Å². The van der Waals surface area contributed by atoms with Gasteiger partial charge in [-0.05, 0) is 30.3 Å². The van der Waals surface area contributed by atoms with E-state index in [1.54, 1.807) is 18.2 Å². The standard InChI is InChI=1S/C15H15FN2O3/c1-20-14-8-10(4-5-11(14)16)18-13-6-3-9(7-12(13)17)15(19)21-2/h3-8,18H,17H2,1-2H3. The van der Waals surface area contributed by atoms with E-state index in [0.717, 1.165) is 0 Å². The minimum atomic E-state index is -0.461. The first-order valence-corrected chi connectivity index (χ1v) is 6.13. The van der Waals surface area contributed by atoms with Crippen LogP contribution in [0.25, 0.3) is 0 Å². The summed E-state index contributed by atoms with van der Waals surface area (Å²) in [7, 11) is 2.69. The van der Waals surface area contributed by atoms with Crippen LogP contribution in [0.2, 0.25) is 0 Å². The monoisotopic (exact) mass is 290 g/mol. The SMILES string of the molecule is COC(=O)c1ccc(Nc2ccc(F)c(OC)c2)c(N)c1. The van der Waals surface area contributed by atoms with Gasteiger partial charge in [-0.1, -0.05) is 0 Å². The molecule has 0 aliphatic heterocycles. The molecule has 2 aromatic rings. The summed E-state index contributed by atoms with van der Waals surface area (Å²) < 4.78 is 22.9. The maximum absolute atomic E-state index is 13.3. The lowest BCUT2D eigenvalue weighted by Gasteiger charge is -2.11. The number of hydrogen-bond acceptors (Lipinski definition) is 5. The normalized spacial score (nSPS) is 10.0. The molecular weight excluding hydrogens is 275 g/mol. The second-order valence-corrected chi connectivity index (χ2v) is 4.27. The zero-order valence-electron chi connectivity index (χ0n) is 11.6. The number of carbonyl (C=O) groups is 1. The highest BCUT2D eigenvalue weighted by Gasteiger charge is 2.09. The number of methoxy groups -OCH3 is 2. The maximum atomic E-state index is 13.3.